The number of likely N-dealkylation sites (N-methyl/N-ethyl adjacent to an activating group) is 1. The molecular weight excluding hydrogens is 198 g/mol. The van der Waals surface area contributed by atoms with Crippen LogP contribution in [0.3, 0.4) is 0 Å². The van der Waals surface area contributed by atoms with Crippen molar-refractivity contribution in [2.45, 2.75) is 19.8 Å². The maximum atomic E-state index is 5.57. The molecular formula is C14H21NO. The third-order valence-electron chi connectivity index (χ3n) is 2.38. The van der Waals surface area contributed by atoms with Crippen molar-refractivity contribution in [1.29, 1.82) is 0 Å². The molecule has 1 rings (SSSR count). The number of benzene rings is 1. The molecule has 0 saturated carbocycles. The zero-order chi connectivity index (χ0) is 11.8. The Hall–Kier alpha value is -1.28. The van der Waals surface area contributed by atoms with Crippen molar-refractivity contribution < 1.29 is 4.74 Å². The lowest BCUT2D eigenvalue weighted by Crippen LogP contribution is -2.04. The van der Waals surface area contributed by atoms with Crippen LogP contribution in [0.25, 0.3) is 0 Å². The van der Waals surface area contributed by atoms with Crippen LogP contribution in [0.1, 0.15) is 25.3 Å². The van der Waals surface area contributed by atoms with Crippen LogP contribution in [0, 0.1) is 0 Å². The van der Waals surface area contributed by atoms with Crippen LogP contribution >= 0.6 is 0 Å². The number of rotatable bonds is 6. The first kappa shape index (κ1) is 12.8. The molecule has 1 aromatic rings. The molecule has 0 saturated heterocycles. The molecule has 0 spiro atoms. The van der Waals surface area contributed by atoms with E-state index in [1.807, 2.05) is 25.3 Å². The minimum Gasteiger partial charge on any atom is -0.490 e. The summed E-state index contributed by atoms with van der Waals surface area (Å²) in [5.41, 5.74) is 1.35. The van der Waals surface area contributed by atoms with Gasteiger partial charge < -0.3 is 10.1 Å². The van der Waals surface area contributed by atoms with Gasteiger partial charge in [-0.15, -0.1) is 0 Å². The van der Waals surface area contributed by atoms with E-state index in [9.17, 15) is 0 Å². The normalized spacial score (nSPS) is 11.2. The maximum absolute atomic E-state index is 5.57. The molecule has 0 fully saturated rings. The van der Waals surface area contributed by atoms with Crippen LogP contribution in [0.5, 0.6) is 5.75 Å². The van der Waals surface area contributed by atoms with Gasteiger partial charge in [0.15, 0.2) is 0 Å². The van der Waals surface area contributed by atoms with Gasteiger partial charge in [0.2, 0.25) is 0 Å². The summed E-state index contributed by atoms with van der Waals surface area (Å²) in [5, 5.41) is 3.04. The molecule has 2 heteroatoms. The molecule has 0 heterocycles. The number of nitrogens with one attached hydrogen (secondary N) is 1. The molecule has 0 unspecified atom stereocenters. The fraction of sp³-hybridized carbons (Fsp3) is 0.429. The van der Waals surface area contributed by atoms with Gasteiger partial charge in [-0.2, -0.15) is 0 Å². The minimum atomic E-state index is 0.574. The van der Waals surface area contributed by atoms with Gasteiger partial charge in [-0.1, -0.05) is 38.1 Å². The first-order chi connectivity index (χ1) is 7.74. The first-order valence-electron chi connectivity index (χ1n) is 5.76. The fourth-order valence-electron chi connectivity index (χ4n) is 1.36. The van der Waals surface area contributed by atoms with E-state index in [2.05, 4.69) is 37.4 Å². The van der Waals surface area contributed by atoms with Crippen molar-refractivity contribution in [2.75, 3.05) is 20.2 Å². The Morgan fingerprint density at radius 2 is 1.88 bits per heavy atom. The quantitative estimate of drug-likeness (QED) is 0.743. The van der Waals surface area contributed by atoms with Gasteiger partial charge in [0, 0.05) is 6.54 Å². The Morgan fingerprint density at radius 1 is 1.19 bits per heavy atom. The Labute approximate surface area is 98.3 Å². The third kappa shape index (κ3) is 4.49. The predicted molar refractivity (Wildman–Crippen MR) is 69.1 cm³/mol. The molecule has 0 aliphatic carbocycles. The molecule has 0 bridgehead atoms. The minimum absolute atomic E-state index is 0.574. The molecule has 1 N–H and O–H groups in total. The van der Waals surface area contributed by atoms with Crippen molar-refractivity contribution in [3.8, 4) is 5.75 Å². The third-order valence-corrected chi connectivity index (χ3v) is 2.38. The Morgan fingerprint density at radius 3 is 2.44 bits per heavy atom. The highest BCUT2D eigenvalue weighted by Crippen LogP contribution is 2.18. The standard InChI is InChI=1S/C14H21NO/c1-12(2)13-6-8-14(9-7-13)16-11-5-4-10-15-3/h4-9,12,15H,10-11H2,1-3H3/b5-4+. The summed E-state index contributed by atoms with van der Waals surface area (Å²) in [6.07, 6.45) is 4.08. The molecule has 2 nitrogen and oxygen atoms in total. The second-order valence-corrected chi connectivity index (χ2v) is 4.06. The second kappa shape index (κ2) is 7.07. The van der Waals surface area contributed by atoms with E-state index < -0.39 is 0 Å². The predicted octanol–water partition coefficient (Wildman–Crippen LogP) is 2.96. The summed E-state index contributed by atoms with van der Waals surface area (Å²) in [5.74, 6) is 1.50. The first-order valence-corrected chi connectivity index (χ1v) is 5.76. The van der Waals surface area contributed by atoms with Crippen molar-refractivity contribution >= 4 is 0 Å². The Balaban J connectivity index is 2.37. The Bertz CT molecular complexity index is 314. The van der Waals surface area contributed by atoms with E-state index in [1.54, 1.807) is 0 Å². The van der Waals surface area contributed by atoms with Gasteiger partial charge in [-0.25, -0.2) is 0 Å². The van der Waals surface area contributed by atoms with Gasteiger partial charge >= 0.3 is 0 Å². The number of hydrogen-bond acceptors (Lipinski definition) is 2. The second-order valence-electron chi connectivity index (χ2n) is 4.06. The summed E-state index contributed by atoms with van der Waals surface area (Å²) in [6.45, 7) is 5.89. The average molecular weight is 219 g/mol. The molecule has 0 aliphatic rings. The highest BCUT2D eigenvalue weighted by atomic mass is 16.5. The highest BCUT2D eigenvalue weighted by Gasteiger charge is 1.98. The topological polar surface area (TPSA) is 21.3 Å². The monoisotopic (exact) mass is 219 g/mol. The van der Waals surface area contributed by atoms with E-state index in [-0.39, 0.29) is 0 Å². The molecule has 0 radical (unpaired) electrons. The van der Waals surface area contributed by atoms with Gasteiger partial charge in [0.05, 0.1) is 0 Å². The molecule has 0 amide bonds. The van der Waals surface area contributed by atoms with Crippen LogP contribution < -0.4 is 10.1 Å². The van der Waals surface area contributed by atoms with E-state index >= 15 is 0 Å². The Kier molecular flexibility index (Phi) is 5.65. The van der Waals surface area contributed by atoms with Crippen LogP contribution in [-0.4, -0.2) is 20.2 Å². The van der Waals surface area contributed by atoms with Crippen molar-refractivity contribution in [2.24, 2.45) is 0 Å². The smallest absolute Gasteiger partial charge is 0.119 e. The average Bonchev–Trinajstić information content (AvgIpc) is 2.29. The number of ether oxygens (including phenoxy) is 1. The molecule has 0 aliphatic heterocycles. The van der Waals surface area contributed by atoms with Gasteiger partial charge in [-0.05, 0) is 30.7 Å². The largest absolute Gasteiger partial charge is 0.490 e. The summed E-state index contributed by atoms with van der Waals surface area (Å²) >= 11 is 0. The van der Waals surface area contributed by atoms with Crippen molar-refractivity contribution in [1.82, 2.24) is 5.32 Å². The summed E-state index contributed by atoms with van der Waals surface area (Å²) in [4.78, 5) is 0. The summed E-state index contributed by atoms with van der Waals surface area (Å²) < 4.78 is 5.57. The number of hydrogen-bond donors (Lipinski definition) is 1. The lowest BCUT2D eigenvalue weighted by Gasteiger charge is -2.07. The SMILES string of the molecule is CNC/C=C/COc1ccc(C(C)C)cc1. The highest BCUT2D eigenvalue weighted by molar-refractivity contribution is 5.28. The molecule has 88 valence electrons. The molecule has 0 atom stereocenters. The van der Waals surface area contributed by atoms with Crippen LogP contribution in [0.2, 0.25) is 0 Å². The van der Waals surface area contributed by atoms with E-state index in [4.69, 9.17) is 4.74 Å². The zero-order valence-corrected chi connectivity index (χ0v) is 10.4. The van der Waals surface area contributed by atoms with Crippen molar-refractivity contribution in [3.05, 3.63) is 42.0 Å². The van der Waals surface area contributed by atoms with Gasteiger partial charge in [0.25, 0.3) is 0 Å². The van der Waals surface area contributed by atoms with E-state index in [1.165, 1.54) is 5.56 Å². The zero-order valence-electron chi connectivity index (χ0n) is 10.4. The fourth-order valence-corrected chi connectivity index (χ4v) is 1.36. The lowest BCUT2D eigenvalue weighted by atomic mass is 10.0. The van der Waals surface area contributed by atoms with E-state index in [0.717, 1.165) is 12.3 Å². The summed E-state index contributed by atoms with van der Waals surface area (Å²) in [7, 11) is 1.93. The van der Waals surface area contributed by atoms with Crippen LogP contribution in [0.15, 0.2) is 36.4 Å². The van der Waals surface area contributed by atoms with Crippen LogP contribution in [0.4, 0.5) is 0 Å². The lowest BCUT2D eigenvalue weighted by molar-refractivity contribution is 0.362. The summed E-state index contributed by atoms with van der Waals surface area (Å²) in [6, 6.07) is 8.30. The van der Waals surface area contributed by atoms with Gasteiger partial charge in [-0.3, -0.25) is 0 Å². The molecule has 0 aromatic heterocycles. The van der Waals surface area contributed by atoms with Gasteiger partial charge in [0.1, 0.15) is 12.4 Å². The molecule has 16 heavy (non-hydrogen) atoms. The van der Waals surface area contributed by atoms with E-state index in [0.29, 0.717) is 12.5 Å². The maximum Gasteiger partial charge on any atom is 0.119 e. The van der Waals surface area contributed by atoms with Crippen molar-refractivity contribution in [3.63, 3.8) is 0 Å². The molecule has 1 aromatic carbocycles. The van der Waals surface area contributed by atoms with Crippen LogP contribution in [-0.2, 0) is 0 Å².